The van der Waals surface area contributed by atoms with Crippen LogP contribution >= 0.6 is 0 Å². The van der Waals surface area contributed by atoms with Crippen LogP contribution in [0.3, 0.4) is 0 Å². The van der Waals surface area contributed by atoms with Gasteiger partial charge in [0.05, 0.1) is 12.1 Å². The number of methoxy groups -OCH3 is 1. The summed E-state index contributed by atoms with van der Waals surface area (Å²) in [6.45, 7) is 7.67. The molecular weight excluding hydrogens is 262 g/mol. The van der Waals surface area contributed by atoms with Gasteiger partial charge in [-0.25, -0.2) is 0 Å². The third-order valence-electron chi connectivity index (χ3n) is 3.50. The second-order valence-electron chi connectivity index (χ2n) is 5.42. The van der Waals surface area contributed by atoms with Gasteiger partial charge in [0.2, 0.25) is 0 Å². The Morgan fingerprint density at radius 1 is 1.29 bits per heavy atom. The molecule has 4 heteroatoms. The molecule has 2 N–H and O–H groups in total. The largest absolute Gasteiger partial charge is 0.383 e. The highest BCUT2D eigenvalue weighted by molar-refractivity contribution is 5.82. The third-order valence-corrected chi connectivity index (χ3v) is 3.50. The van der Waals surface area contributed by atoms with Gasteiger partial charge in [0.15, 0.2) is 0 Å². The molecule has 0 amide bonds. The van der Waals surface area contributed by atoms with E-state index in [1.165, 1.54) is 10.9 Å². The maximum Gasteiger partial charge on any atom is 0.0708 e. The fourth-order valence-corrected chi connectivity index (χ4v) is 2.39. The Bertz CT molecular complexity index is 571. The molecule has 0 spiro atoms. The standard InChI is InChI=1S/C17H25N3O/c1-13-10-15(16-6-4-5-7-17(16)20-13)12-19-14(2)11-18-8-9-21-3/h4-7,10,14,18-19H,8-9,11-12H2,1-3H3. The second-order valence-corrected chi connectivity index (χ2v) is 5.42. The minimum atomic E-state index is 0.411. The van der Waals surface area contributed by atoms with E-state index in [9.17, 15) is 0 Å². The first-order chi connectivity index (χ1) is 10.2. The highest BCUT2D eigenvalue weighted by Crippen LogP contribution is 2.18. The molecule has 21 heavy (non-hydrogen) atoms. The van der Waals surface area contributed by atoms with Crippen molar-refractivity contribution in [2.75, 3.05) is 26.8 Å². The van der Waals surface area contributed by atoms with Gasteiger partial charge >= 0.3 is 0 Å². The van der Waals surface area contributed by atoms with Crippen LogP contribution in [0.2, 0.25) is 0 Å². The summed E-state index contributed by atoms with van der Waals surface area (Å²) in [6, 6.07) is 10.9. The number of hydrogen-bond donors (Lipinski definition) is 2. The van der Waals surface area contributed by atoms with Gasteiger partial charge in [-0.3, -0.25) is 4.98 Å². The van der Waals surface area contributed by atoms with Crippen molar-refractivity contribution in [3.8, 4) is 0 Å². The quantitative estimate of drug-likeness (QED) is 0.731. The predicted molar refractivity (Wildman–Crippen MR) is 87.5 cm³/mol. The number of pyridine rings is 1. The minimum Gasteiger partial charge on any atom is -0.383 e. The van der Waals surface area contributed by atoms with Gasteiger partial charge in [0, 0.05) is 43.9 Å². The first-order valence-corrected chi connectivity index (χ1v) is 7.49. The molecule has 2 aromatic rings. The summed E-state index contributed by atoms with van der Waals surface area (Å²) < 4.78 is 5.02. The summed E-state index contributed by atoms with van der Waals surface area (Å²) in [6.07, 6.45) is 0. The van der Waals surface area contributed by atoms with Crippen LogP contribution in [0.1, 0.15) is 18.2 Å². The number of ether oxygens (including phenoxy) is 1. The predicted octanol–water partition coefficient (Wildman–Crippen LogP) is 2.26. The fourth-order valence-electron chi connectivity index (χ4n) is 2.39. The molecule has 1 aromatic heterocycles. The monoisotopic (exact) mass is 287 g/mol. The minimum absolute atomic E-state index is 0.411. The van der Waals surface area contributed by atoms with Crippen molar-refractivity contribution in [2.45, 2.75) is 26.4 Å². The van der Waals surface area contributed by atoms with Crippen LogP contribution in [0, 0.1) is 6.92 Å². The molecule has 0 bridgehead atoms. The fraction of sp³-hybridized carbons (Fsp3) is 0.471. The zero-order valence-electron chi connectivity index (χ0n) is 13.1. The lowest BCUT2D eigenvalue weighted by Crippen LogP contribution is -2.37. The molecule has 0 radical (unpaired) electrons. The number of rotatable bonds is 8. The smallest absolute Gasteiger partial charge is 0.0708 e. The average molecular weight is 287 g/mol. The molecule has 0 fully saturated rings. The molecule has 114 valence electrons. The van der Waals surface area contributed by atoms with Crippen molar-refractivity contribution in [1.82, 2.24) is 15.6 Å². The summed E-state index contributed by atoms with van der Waals surface area (Å²) in [4.78, 5) is 4.58. The van der Waals surface area contributed by atoms with Crippen molar-refractivity contribution in [3.05, 3.63) is 41.6 Å². The van der Waals surface area contributed by atoms with E-state index in [-0.39, 0.29) is 0 Å². The number of hydrogen-bond acceptors (Lipinski definition) is 4. The van der Waals surface area contributed by atoms with Gasteiger partial charge in [-0.05, 0) is 31.5 Å². The van der Waals surface area contributed by atoms with Crippen molar-refractivity contribution in [3.63, 3.8) is 0 Å². The van der Waals surface area contributed by atoms with Crippen LogP contribution in [0.15, 0.2) is 30.3 Å². The van der Waals surface area contributed by atoms with Crippen molar-refractivity contribution in [2.24, 2.45) is 0 Å². The molecule has 0 saturated carbocycles. The van der Waals surface area contributed by atoms with E-state index in [2.05, 4.69) is 46.8 Å². The second kappa shape index (κ2) is 8.08. The van der Waals surface area contributed by atoms with Gasteiger partial charge in [-0.2, -0.15) is 0 Å². The topological polar surface area (TPSA) is 46.2 Å². The molecule has 0 aliphatic rings. The normalized spacial score (nSPS) is 12.7. The Morgan fingerprint density at radius 3 is 2.90 bits per heavy atom. The zero-order chi connectivity index (χ0) is 15.1. The maximum atomic E-state index is 5.02. The maximum absolute atomic E-state index is 5.02. The first kappa shape index (κ1) is 15.9. The lowest BCUT2D eigenvalue weighted by Gasteiger charge is -2.16. The molecule has 1 unspecified atom stereocenters. The van der Waals surface area contributed by atoms with Gasteiger partial charge in [-0.1, -0.05) is 18.2 Å². The highest BCUT2D eigenvalue weighted by atomic mass is 16.5. The van der Waals surface area contributed by atoms with Crippen LogP contribution in [-0.2, 0) is 11.3 Å². The number of nitrogens with zero attached hydrogens (tertiary/aromatic N) is 1. The van der Waals surface area contributed by atoms with Gasteiger partial charge in [-0.15, -0.1) is 0 Å². The highest BCUT2D eigenvalue weighted by Gasteiger charge is 2.06. The van der Waals surface area contributed by atoms with Crippen LogP contribution in [0.5, 0.6) is 0 Å². The van der Waals surface area contributed by atoms with Crippen LogP contribution in [0.4, 0.5) is 0 Å². The van der Waals surface area contributed by atoms with E-state index in [0.717, 1.165) is 37.5 Å². The summed E-state index contributed by atoms with van der Waals surface area (Å²) in [5.74, 6) is 0. The Kier molecular flexibility index (Phi) is 6.11. The van der Waals surface area contributed by atoms with Crippen molar-refractivity contribution < 1.29 is 4.74 Å². The molecule has 1 heterocycles. The molecule has 1 atom stereocenters. The molecular formula is C17H25N3O. The van der Waals surface area contributed by atoms with Crippen LogP contribution in [0.25, 0.3) is 10.9 Å². The van der Waals surface area contributed by atoms with Gasteiger partial charge in [0.25, 0.3) is 0 Å². The number of aryl methyl sites for hydroxylation is 1. The van der Waals surface area contributed by atoms with E-state index < -0.39 is 0 Å². The summed E-state index contributed by atoms with van der Waals surface area (Å²) >= 11 is 0. The summed E-state index contributed by atoms with van der Waals surface area (Å²) in [7, 11) is 1.72. The Balaban J connectivity index is 1.94. The van der Waals surface area contributed by atoms with Crippen molar-refractivity contribution >= 4 is 10.9 Å². The van der Waals surface area contributed by atoms with Gasteiger partial charge in [0.1, 0.15) is 0 Å². The van der Waals surface area contributed by atoms with E-state index in [0.29, 0.717) is 6.04 Å². The number of fused-ring (bicyclic) bond motifs is 1. The van der Waals surface area contributed by atoms with E-state index in [1.807, 2.05) is 13.0 Å². The third kappa shape index (κ3) is 4.77. The molecule has 0 aliphatic heterocycles. The summed E-state index contributed by atoms with van der Waals surface area (Å²) in [5, 5.41) is 8.17. The number of nitrogens with one attached hydrogen (secondary N) is 2. The molecule has 0 saturated heterocycles. The SMILES string of the molecule is COCCNCC(C)NCc1cc(C)nc2ccccc12. The molecule has 1 aromatic carbocycles. The Labute approximate surface area is 126 Å². The molecule has 4 nitrogen and oxygen atoms in total. The molecule has 2 rings (SSSR count). The number of benzene rings is 1. The van der Waals surface area contributed by atoms with Gasteiger partial charge < -0.3 is 15.4 Å². The lowest BCUT2D eigenvalue weighted by molar-refractivity contribution is 0.198. The van der Waals surface area contributed by atoms with E-state index in [1.54, 1.807) is 7.11 Å². The van der Waals surface area contributed by atoms with Crippen LogP contribution in [-0.4, -0.2) is 37.8 Å². The summed E-state index contributed by atoms with van der Waals surface area (Å²) in [5.41, 5.74) is 3.44. The first-order valence-electron chi connectivity index (χ1n) is 7.49. The van der Waals surface area contributed by atoms with Crippen molar-refractivity contribution in [1.29, 1.82) is 0 Å². The average Bonchev–Trinajstić information content (AvgIpc) is 2.49. The Morgan fingerprint density at radius 2 is 2.10 bits per heavy atom. The number of para-hydroxylation sites is 1. The lowest BCUT2D eigenvalue weighted by atomic mass is 10.1. The Hall–Kier alpha value is -1.49. The van der Waals surface area contributed by atoms with E-state index in [4.69, 9.17) is 4.74 Å². The number of aromatic nitrogens is 1. The van der Waals surface area contributed by atoms with E-state index >= 15 is 0 Å². The molecule has 0 aliphatic carbocycles. The zero-order valence-corrected chi connectivity index (χ0v) is 13.1. The van der Waals surface area contributed by atoms with Crippen LogP contribution < -0.4 is 10.6 Å².